The Balaban J connectivity index is 2.10. The Kier molecular flexibility index (Phi) is 15.9. The molecule has 13 heteroatoms. The predicted molar refractivity (Wildman–Crippen MR) is 197 cm³/mol. The van der Waals surface area contributed by atoms with Gasteiger partial charge in [0.1, 0.15) is 5.78 Å². The number of aliphatic carboxylic acids is 1. The number of Topliss-reactive ketones (excluding diaryl/α,β-unsaturated/α-hetero) is 2. The summed E-state index contributed by atoms with van der Waals surface area (Å²) >= 11 is 1.63. The molecule has 10 atom stereocenters. The Bertz CT molecular complexity index is 1170. The summed E-state index contributed by atoms with van der Waals surface area (Å²) in [5, 5.41) is 13.4. The number of carbonyl (C=O) groups excluding carboxylic acids is 3. The summed E-state index contributed by atoms with van der Waals surface area (Å²) in [4.78, 5) is 58.7. The van der Waals surface area contributed by atoms with Crippen molar-refractivity contribution < 1.29 is 24.3 Å². The van der Waals surface area contributed by atoms with Gasteiger partial charge in [0.2, 0.25) is 5.91 Å². The van der Waals surface area contributed by atoms with E-state index in [1.165, 1.54) is 0 Å². The van der Waals surface area contributed by atoms with Gasteiger partial charge < -0.3 is 39.1 Å². The summed E-state index contributed by atoms with van der Waals surface area (Å²) in [5.74, 6) is -1.68. The van der Waals surface area contributed by atoms with E-state index in [1.54, 1.807) is 11.8 Å². The van der Waals surface area contributed by atoms with Crippen molar-refractivity contribution in [1.29, 1.82) is 0 Å². The van der Waals surface area contributed by atoms with Gasteiger partial charge in [-0.15, -0.1) is 0 Å². The molecule has 3 rings (SSSR count). The van der Waals surface area contributed by atoms with Crippen molar-refractivity contribution in [3.63, 3.8) is 0 Å². The molecule has 0 heterocycles. The van der Waals surface area contributed by atoms with Crippen LogP contribution in [0.5, 0.6) is 0 Å². The Labute approximate surface area is 297 Å². The molecule has 3 saturated carbocycles. The molecule has 0 aromatic heterocycles. The Morgan fingerprint density at radius 1 is 0.959 bits per heavy atom. The van der Waals surface area contributed by atoms with Gasteiger partial charge in [-0.25, -0.2) is 0 Å². The van der Waals surface area contributed by atoms with E-state index in [4.69, 9.17) is 28.7 Å². The second kappa shape index (κ2) is 18.9. The fourth-order valence-corrected chi connectivity index (χ4v) is 10.5. The number of amides is 1. The molecule has 3 fully saturated rings. The summed E-state index contributed by atoms with van der Waals surface area (Å²) in [6.45, 7) is 4.85. The van der Waals surface area contributed by atoms with E-state index in [0.29, 0.717) is 51.6 Å². The molecule has 3 unspecified atom stereocenters. The van der Waals surface area contributed by atoms with Gasteiger partial charge in [-0.2, -0.15) is 11.8 Å². The van der Waals surface area contributed by atoms with Crippen molar-refractivity contribution in [3.8, 4) is 0 Å². The first-order valence-electron chi connectivity index (χ1n) is 18.7. The number of aliphatic imine (C=N–C) groups is 1. The summed E-state index contributed by atoms with van der Waals surface area (Å²) in [6, 6.07) is -2.07. The fourth-order valence-electron chi connectivity index (χ4n) is 10.0. The summed E-state index contributed by atoms with van der Waals surface area (Å²) in [6.07, 6.45) is 12.0. The van der Waals surface area contributed by atoms with Crippen LogP contribution in [0.25, 0.3) is 0 Å². The minimum Gasteiger partial charge on any atom is -0.481 e. The lowest BCUT2D eigenvalue weighted by atomic mass is 9.62. The summed E-state index contributed by atoms with van der Waals surface area (Å²) in [5.41, 5.74) is 29.1. The number of guanidine groups is 1. The third-order valence-corrected chi connectivity index (χ3v) is 13.0. The van der Waals surface area contributed by atoms with Crippen LogP contribution < -0.4 is 34.0 Å². The lowest BCUT2D eigenvalue weighted by Gasteiger charge is -2.42. The average Bonchev–Trinajstić information content (AvgIpc) is 3.60. The standard InChI is InChI=1S/C36H65N7O5S/c1-4-10-29(39)32(46)43-21-24-12-7-8-16-35(24)22(2)36(35,31(45)28(38)14-9-17-42-34(40)41)25(20-30(44)27(37)15-18-49-3)19-23-11-5-6-13-26(23)33(47)48/h22-29H,4-21,37-39H2,1-3H3,(H,43,46)(H,47,48)(H4,40,41,42)/t22?,23-,24-,25?,26-,27-,28-,29-,35-,36?/m0/s1. The highest BCUT2D eigenvalue weighted by molar-refractivity contribution is 7.98. The second-order valence-electron chi connectivity index (χ2n) is 15.1. The molecule has 3 aliphatic rings. The average molecular weight is 708 g/mol. The lowest BCUT2D eigenvalue weighted by molar-refractivity contribution is -0.145. The first-order chi connectivity index (χ1) is 23.3. The monoisotopic (exact) mass is 707 g/mol. The highest BCUT2D eigenvalue weighted by atomic mass is 32.2. The minimum atomic E-state index is -0.959. The van der Waals surface area contributed by atoms with Crippen LogP contribution in [0.2, 0.25) is 0 Å². The van der Waals surface area contributed by atoms with E-state index in [2.05, 4.69) is 17.2 Å². The molecule has 12 N–H and O–H groups in total. The lowest BCUT2D eigenvalue weighted by Crippen LogP contribution is -2.49. The van der Waals surface area contributed by atoms with Crippen LogP contribution in [0.3, 0.4) is 0 Å². The number of thioether (sulfide) groups is 1. The second-order valence-corrected chi connectivity index (χ2v) is 16.1. The fraction of sp³-hybridized carbons (Fsp3) is 0.861. The zero-order valence-electron chi connectivity index (χ0n) is 30.2. The van der Waals surface area contributed by atoms with Crippen LogP contribution in [0.1, 0.15) is 110 Å². The normalized spacial score (nSPS) is 30.5. The Hall–Kier alpha value is -2.22. The Morgan fingerprint density at radius 3 is 2.31 bits per heavy atom. The van der Waals surface area contributed by atoms with Crippen molar-refractivity contribution >= 4 is 41.2 Å². The zero-order valence-corrected chi connectivity index (χ0v) is 31.0. The van der Waals surface area contributed by atoms with Crippen molar-refractivity contribution in [2.45, 2.75) is 128 Å². The van der Waals surface area contributed by atoms with Crippen molar-refractivity contribution in [3.05, 3.63) is 0 Å². The van der Waals surface area contributed by atoms with E-state index < -0.39 is 46.8 Å². The molecule has 0 aliphatic heterocycles. The van der Waals surface area contributed by atoms with E-state index in [-0.39, 0.29) is 47.6 Å². The molecule has 280 valence electrons. The zero-order chi connectivity index (χ0) is 36.4. The third kappa shape index (κ3) is 9.37. The number of nitrogens with two attached hydrogens (primary N) is 5. The SMILES string of the molecule is CCC[C@H](N)C(=O)NC[C@@H]1CCCC[C@]12C(C)C2(C(=O)[C@@H](N)CCCN=C(N)N)C(CC(=O)[C@@H](N)CCSC)C[C@@H]1CCCC[C@@H]1C(=O)O. The largest absolute Gasteiger partial charge is 0.481 e. The molecule has 0 radical (unpaired) electrons. The molecule has 0 aromatic carbocycles. The highest BCUT2D eigenvalue weighted by Gasteiger charge is 2.81. The number of hydrogen-bond donors (Lipinski definition) is 7. The van der Waals surface area contributed by atoms with Gasteiger partial charge in [-0.1, -0.05) is 46.0 Å². The van der Waals surface area contributed by atoms with Gasteiger partial charge in [0.25, 0.3) is 0 Å². The maximum Gasteiger partial charge on any atom is 0.306 e. The van der Waals surface area contributed by atoms with Crippen molar-refractivity contribution in [2.75, 3.05) is 25.1 Å². The first-order valence-corrected chi connectivity index (χ1v) is 20.1. The number of hydrogen-bond acceptors (Lipinski definition) is 9. The van der Waals surface area contributed by atoms with Gasteiger partial charge in [-0.05, 0) is 98.9 Å². The number of carboxylic acid groups (broad SMARTS) is 1. The molecule has 49 heavy (non-hydrogen) atoms. The summed E-state index contributed by atoms with van der Waals surface area (Å²) in [7, 11) is 0. The van der Waals surface area contributed by atoms with Gasteiger partial charge in [0, 0.05) is 24.9 Å². The number of carboxylic acids is 1. The maximum absolute atomic E-state index is 15.2. The molecule has 12 nitrogen and oxygen atoms in total. The quantitative estimate of drug-likeness (QED) is 0.0519. The van der Waals surface area contributed by atoms with Crippen molar-refractivity contribution in [2.24, 2.45) is 74.1 Å². The molecule has 1 spiro atoms. The number of ketones is 2. The molecule has 3 aliphatic carbocycles. The van der Waals surface area contributed by atoms with Crippen LogP contribution in [0, 0.1) is 40.4 Å². The van der Waals surface area contributed by atoms with E-state index in [9.17, 15) is 19.5 Å². The number of carbonyl (C=O) groups is 4. The maximum atomic E-state index is 15.2. The first kappa shape index (κ1) is 41.2. The van der Waals surface area contributed by atoms with Crippen LogP contribution in [0.4, 0.5) is 0 Å². The minimum absolute atomic E-state index is 0.0174. The highest BCUT2D eigenvalue weighted by Crippen LogP contribution is 2.81. The van der Waals surface area contributed by atoms with Crippen LogP contribution in [0.15, 0.2) is 4.99 Å². The van der Waals surface area contributed by atoms with Gasteiger partial charge >= 0.3 is 5.97 Å². The van der Waals surface area contributed by atoms with E-state index in [0.717, 1.165) is 57.1 Å². The van der Waals surface area contributed by atoms with E-state index in [1.807, 2.05) is 13.2 Å². The van der Waals surface area contributed by atoms with Crippen LogP contribution in [-0.2, 0) is 19.2 Å². The van der Waals surface area contributed by atoms with E-state index >= 15 is 4.79 Å². The molecule has 1 amide bonds. The van der Waals surface area contributed by atoms with Crippen molar-refractivity contribution in [1.82, 2.24) is 5.32 Å². The summed E-state index contributed by atoms with van der Waals surface area (Å²) < 4.78 is 0. The predicted octanol–water partition coefficient (Wildman–Crippen LogP) is 2.93. The molecule has 0 bridgehead atoms. The molecular formula is C36H65N7O5S. The smallest absolute Gasteiger partial charge is 0.306 e. The third-order valence-electron chi connectivity index (χ3n) is 12.4. The molecule has 0 aromatic rings. The van der Waals surface area contributed by atoms with Gasteiger partial charge in [0.15, 0.2) is 11.7 Å². The van der Waals surface area contributed by atoms with Gasteiger partial charge in [0.05, 0.1) is 24.0 Å². The van der Waals surface area contributed by atoms with Crippen LogP contribution >= 0.6 is 11.8 Å². The number of nitrogens with one attached hydrogen (secondary N) is 1. The number of nitrogens with zero attached hydrogens (tertiary/aromatic N) is 1. The Morgan fingerprint density at radius 2 is 1.65 bits per heavy atom. The molecular weight excluding hydrogens is 643 g/mol. The number of rotatable bonds is 21. The topological polar surface area (TPSA) is 243 Å². The van der Waals surface area contributed by atoms with Crippen LogP contribution in [-0.4, -0.2) is 77.7 Å². The van der Waals surface area contributed by atoms with Gasteiger partial charge in [-0.3, -0.25) is 24.2 Å². The molecule has 0 saturated heterocycles.